The zero-order valence-electron chi connectivity index (χ0n) is 22.4. The van der Waals surface area contributed by atoms with Crippen LogP contribution in [0.5, 0.6) is 0 Å². The van der Waals surface area contributed by atoms with E-state index in [1.165, 1.54) is 39.2 Å². The second-order valence-electron chi connectivity index (χ2n) is 11.0. The van der Waals surface area contributed by atoms with Gasteiger partial charge in [-0.3, -0.25) is 4.79 Å². The van der Waals surface area contributed by atoms with Gasteiger partial charge in [-0.15, -0.1) is 0 Å². The van der Waals surface area contributed by atoms with Crippen molar-refractivity contribution in [2.75, 3.05) is 7.11 Å². The molecule has 0 amide bonds. The van der Waals surface area contributed by atoms with Crippen LogP contribution in [0.4, 0.5) is 0 Å². The van der Waals surface area contributed by atoms with E-state index in [9.17, 15) is 9.90 Å². The Morgan fingerprint density at radius 1 is 1.06 bits per heavy atom. The topological polar surface area (TPSA) is 46.5 Å². The maximum Gasteiger partial charge on any atom is 0.305 e. The number of carbonyl (C=O) groups excluding carboxylic acids is 1. The van der Waals surface area contributed by atoms with E-state index in [4.69, 9.17) is 4.74 Å². The molecule has 8 atom stereocenters. The molecule has 4 aliphatic carbocycles. The van der Waals surface area contributed by atoms with Gasteiger partial charge in [-0.2, -0.15) is 0 Å². The van der Waals surface area contributed by atoms with Crippen molar-refractivity contribution in [1.82, 2.24) is 0 Å². The van der Waals surface area contributed by atoms with E-state index in [-0.39, 0.29) is 19.5 Å². The second-order valence-corrected chi connectivity index (χ2v) is 11.0. The fourth-order valence-electron chi connectivity index (χ4n) is 8.28. The highest BCUT2D eigenvalue weighted by atomic mass is 16.5. The molecule has 0 aromatic rings. The van der Waals surface area contributed by atoms with Crippen molar-refractivity contribution >= 4 is 5.97 Å². The first-order valence-corrected chi connectivity index (χ1v) is 13.7. The Hall–Kier alpha value is -0.830. The summed E-state index contributed by atoms with van der Waals surface area (Å²) in [5.41, 5.74) is 2.39. The number of allylic oxidation sites excluding steroid dienone is 2. The minimum Gasteiger partial charge on any atom is -0.469 e. The SMILES string of the molecule is C.CC.CC.COC(=O)CCCC1=CCC2C3CC(C)C4CC(O)CCC4(C)C3CCC12C. The molecular formula is C30H56O3. The number of hydrogen-bond donors (Lipinski definition) is 1. The van der Waals surface area contributed by atoms with Crippen LogP contribution in [0.3, 0.4) is 0 Å². The van der Waals surface area contributed by atoms with Crippen molar-refractivity contribution in [2.24, 2.45) is 40.4 Å². The van der Waals surface area contributed by atoms with Gasteiger partial charge in [-0.25, -0.2) is 0 Å². The Bertz CT molecular complexity index is 640. The van der Waals surface area contributed by atoms with Gasteiger partial charge in [0.2, 0.25) is 0 Å². The normalized spacial score (nSPS) is 40.7. The van der Waals surface area contributed by atoms with E-state index >= 15 is 0 Å². The number of esters is 1. The fraction of sp³-hybridized carbons (Fsp3) is 0.900. The van der Waals surface area contributed by atoms with Gasteiger partial charge >= 0.3 is 5.97 Å². The van der Waals surface area contributed by atoms with E-state index in [2.05, 4.69) is 26.8 Å². The van der Waals surface area contributed by atoms with Gasteiger partial charge in [0.1, 0.15) is 0 Å². The number of carbonyl (C=O) groups is 1. The lowest BCUT2D eigenvalue weighted by Crippen LogP contribution is -2.56. The molecule has 0 saturated heterocycles. The summed E-state index contributed by atoms with van der Waals surface area (Å²) in [6, 6.07) is 0. The van der Waals surface area contributed by atoms with Crippen molar-refractivity contribution in [3.63, 3.8) is 0 Å². The van der Waals surface area contributed by atoms with Crippen LogP contribution in [0.25, 0.3) is 0 Å². The van der Waals surface area contributed by atoms with Crippen LogP contribution in [-0.2, 0) is 9.53 Å². The van der Waals surface area contributed by atoms with E-state index in [1.807, 2.05) is 27.7 Å². The third kappa shape index (κ3) is 5.71. The highest BCUT2D eigenvalue weighted by molar-refractivity contribution is 5.69. The smallest absolute Gasteiger partial charge is 0.305 e. The maximum absolute atomic E-state index is 11.5. The number of rotatable bonds is 4. The summed E-state index contributed by atoms with van der Waals surface area (Å²) in [6.07, 6.45) is 13.5. The van der Waals surface area contributed by atoms with Gasteiger partial charge < -0.3 is 9.84 Å². The predicted molar refractivity (Wildman–Crippen MR) is 141 cm³/mol. The molecule has 0 aromatic heterocycles. The van der Waals surface area contributed by atoms with Gasteiger partial charge in [-0.05, 0) is 98.2 Å². The Labute approximate surface area is 206 Å². The van der Waals surface area contributed by atoms with Crippen LogP contribution in [-0.4, -0.2) is 24.3 Å². The van der Waals surface area contributed by atoms with Gasteiger partial charge in [-0.1, -0.05) is 67.5 Å². The Morgan fingerprint density at radius 2 is 1.73 bits per heavy atom. The molecule has 194 valence electrons. The maximum atomic E-state index is 11.5. The summed E-state index contributed by atoms with van der Waals surface area (Å²) in [5, 5.41) is 10.3. The molecule has 0 aromatic carbocycles. The molecule has 0 aliphatic heterocycles. The summed E-state index contributed by atoms with van der Waals surface area (Å²) in [4.78, 5) is 11.5. The molecule has 3 heteroatoms. The molecule has 4 aliphatic rings. The second kappa shape index (κ2) is 12.8. The molecule has 3 saturated carbocycles. The predicted octanol–water partition coefficient (Wildman–Crippen LogP) is 8.20. The number of methoxy groups -OCH3 is 1. The number of aliphatic hydroxyl groups is 1. The molecule has 3 fully saturated rings. The molecule has 4 rings (SSSR count). The lowest BCUT2D eigenvalue weighted by atomic mass is 9.43. The summed E-state index contributed by atoms with van der Waals surface area (Å²) < 4.78 is 4.82. The lowest BCUT2D eigenvalue weighted by molar-refractivity contribution is -0.141. The standard InChI is InChI=1S/C25H40O3.2C2H6.CH4/c1-16-14-19-20-9-8-17(6-5-7-23(27)28-4)24(20,2)13-11-21(19)25(3)12-10-18(26)15-22(16)25;2*1-2;/h8,16,18-22,26H,5-7,9-15H2,1-4H3;2*1-2H3;1H4. The summed E-state index contributed by atoms with van der Waals surface area (Å²) in [5.74, 6) is 3.80. The van der Waals surface area contributed by atoms with E-state index in [1.54, 1.807) is 5.57 Å². The average Bonchev–Trinajstić information content (AvgIpc) is 3.14. The minimum atomic E-state index is -0.0800. The number of aliphatic hydroxyl groups excluding tert-OH is 1. The molecule has 3 nitrogen and oxygen atoms in total. The van der Waals surface area contributed by atoms with Crippen LogP contribution in [0, 0.1) is 40.4 Å². The Kier molecular flexibility index (Phi) is 11.7. The van der Waals surface area contributed by atoms with Crippen molar-refractivity contribution in [1.29, 1.82) is 0 Å². The van der Waals surface area contributed by atoms with Crippen molar-refractivity contribution in [3.8, 4) is 0 Å². The number of ether oxygens (including phenoxy) is 1. The molecule has 0 heterocycles. The first-order chi connectivity index (χ1) is 15.3. The molecule has 8 unspecified atom stereocenters. The lowest BCUT2D eigenvalue weighted by Gasteiger charge is -2.62. The van der Waals surface area contributed by atoms with Crippen molar-refractivity contribution in [3.05, 3.63) is 11.6 Å². The van der Waals surface area contributed by atoms with Crippen LogP contribution in [0.2, 0.25) is 0 Å². The van der Waals surface area contributed by atoms with Gasteiger partial charge in [0, 0.05) is 6.42 Å². The van der Waals surface area contributed by atoms with Gasteiger partial charge in [0.15, 0.2) is 0 Å². The minimum absolute atomic E-state index is 0. The summed E-state index contributed by atoms with van der Waals surface area (Å²) in [6.45, 7) is 15.6. The zero-order valence-corrected chi connectivity index (χ0v) is 22.4. The van der Waals surface area contributed by atoms with Crippen molar-refractivity contribution in [2.45, 2.75) is 126 Å². The fourth-order valence-corrected chi connectivity index (χ4v) is 8.28. The largest absolute Gasteiger partial charge is 0.469 e. The summed E-state index contributed by atoms with van der Waals surface area (Å²) in [7, 11) is 1.48. The first kappa shape index (κ1) is 30.2. The van der Waals surface area contributed by atoms with Crippen LogP contribution in [0.1, 0.15) is 120 Å². The molecular weight excluding hydrogens is 408 g/mol. The Morgan fingerprint density at radius 3 is 2.36 bits per heavy atom. The zero-order chi connectivity index (χ0) is 24.1. The van der Waals surface area contributed by atoms with Crippen molar-refractivity contribution < 1.29 is 14.6 Å². The molecule has 33 heavy (non-hydrogen) atoms. The molecule has 0 radical (unpaired) electrons. The molecule has 0 bridgehead atoms. The highest BCUT2D eigenvalue weighted by Crippen LogP contribution is 2.67. The third-order valence-corrected chi connectivity index (χ3v) is 9.80. The van der Waals surface area contributed by atoms with Gasteiger partial charge in [0.05, 0.1) is 13.2 Å². The van der Waals surface area contributed by atoms with Gasteiger partial charge in [0.25, 0.3) is 0 Å². The van der Waals surface area contributed by atoms with E-state index in [0.717, 1.165) is 49.4 Å². The molecule has 1 N–H and O–H groups in total. The van der Waals surface area contributed by atoms with Crippen LogP contribution >= 0.6 is 0 Å². The average molecular weight is 465 g/mol. The first-order valence-electron chi connectivity index (χ1n) is 13.7. The quantitative estimate of drug-likeness (QED) is 0.337. The monoisotopic (exact) mass is 464 g/mol. The highest BCUT2D eigenvalue weighted by Gasteiger charge is 2.59. The Balaban J connectivity index is 0.00000103. The van der Waals surface area contributed by atoms with Crippen LogP contribution < -0.4 is 0 Å². The number of fused-ring (bicyclic) bond motifs is 5. The van der Waals surface area contributed by atoms with E-state index in [0.29, 0.717) is 23.2 Å². The summed E-state index contributed by atoms with van der Waals surface area (Å²) >= 11 is 0. The third-order valence-electron chi connectivity index (χ3n) is 9.80. The van der Waals surface area contributed by atoms with Crippen LogP contribution in [0.15, 0.2) is 11.6 Å². The van der Waals surface area contributed by atoms with E-state index < -0.39 is 0 Å². The molecule has 0 spiro atoms. The number of hydrogen-bond acceptors (Lipinski definition) is 3.